The van der Waals surface area contributed by atoms with E-state index in [9.17, 15) is 0 Å². The van der Waals surface area contributed by atoms with Crippen molar-refractivity contribution in [3.05, 3.63) is 21.7 Å². The Morgan fingerprint density at radius 2 is 2.25 bits per heavy atom. The molecule has 0 aliphatic carbocycles. The molecule has 0 amide bonds. The lowest BCUT2D eigenvalue weighted by Crippen LogP contribution is -2.15. The summed E-state index contributed by atoms with van der Waals surface area (Å²) in [5, 5.41) is 0. The van der Waals surface area contributed by atoms with Crippen molar-refractivity contribution in [2.24, 2.45) is 0 Å². The molecule has 3 rings (SSSR count). The first-order chi connectivity index (χ1) is 9.63. The number of fused-ring (bicyclic) bond motifs is 1. The molecule has 2 aromatic heterocycles. The molecular formula is C14H18IN3O2. The Labute approximate surface area is 131 Å². The van der Waals surface area contributed by atoms with E-state index in [1.165, 1.54) is 0 Å². The van der Waals surface area contributed by atoms with E-state index in [1.54, 1.807) is 0 Å². The van der Waals surface area contributed by atoms with E-state index in [0.717, 1.165) is 35.3 Å². The topological polar surface area (TPSA) is 48.7 Å². The zero-order valence-corrected chi connectivity index (χ0v) is 13.8. The molecule has 20 heavy (non-hydrogen) atoms. The monoisotopic (exact) mass is 387 g/mol. The molecule has 3 heterocycles. The van der Waals surface area contributed by atoms with Crippen LogP contribution in [0, 0.1) is 3.57 Å². The number of aromatic nitrogens is 3. The smallest absolute Gasteiger partial charge is 0.237 e. The normalized spacial score (nSPS) is 19.7. The largest absolute Gasteiger partial charge is 0.474 e. The molecule has 1 atom stereocenters. The van der Waals surface area contributed by atoms with Gasteiger partial charge in [0.2, 0.25) is 11.7 Å². The summed E-state index contributed by atoms with van der Waals surface area (Å²) in [5.74, 6) is 1.74. The molecule has 0 unspecified atom stereocenters. The Balaban J connectivity index is 1.93. The molecule has 1 saturated heterocycles. The first kappa shape index (κ1) is 14.1. The van der Waals surface area contributed by atoms with Gasteiger partial charge in [0.1, 0.15) is 0 Å². The van der Waals surface area contributed by atoms with E-state index in [-0.39, 0.29) is 6.10 Å². The van der Waals surface area contributed by atoms with Crippen molar-refractivity contribution in [2.75, 3.05) is 13.2 Å². The van der Waals surface area contributed by atoms with Gasteiger partial charge >= 0.3 is 0 Å². The summed E-state index contributed by atoms with van der Waals surface area (Å²) in [6.45, 7) is 5.62. The molecular weight excluding hydrogens is 369 g/mol. The van der Waals surface area contributed by atoms with E-state index in [1.807, 2.05) is 24.4 Å². The Hall–Kier alpha value is -0.890. The Morgan fingerprint density at radius 3 is 2.95 bits per heavy atom. The van der Waals surface area contributed by atoms with Gasteiger partial charge in [-0.3, -0.25) is 4.40 Å². The summed E-state index contributed by atoms with van der Waals surface area (Å²) < 4.78 is 14.2. The lowest BCUT2D eigenvalue weighted by Gasteiger charge is -2.19. The third-order valence-electron chi connectivity index (χ3n) is 3.32. The van der Waals surface area contributed by atoms with Crippen LogP contribution in [0.3, 0.4) is 0 Å². The van der Waals surface area contributed by atoms with Crippen LogP contribution < -0.4 is 4.74 Å². The fourth-order valence-corrected chi connectivity index (χ4v) is 2.93. The molecule has 0 aromatic carbocycles. The van der Waals surface area contributed by atoms with Gasteiger partial charge < -0.3 is 9.47 Å². The van der Waals surface area contributed by atoms with Crippen molar-refractivity contribution in [2.45, 2.75) is 38.7 Å². The molecule has 2 aromatic rings. The van der Waals surface area contributed by atoms with Gasteiger partial charge in [-0.1, -0.05) is 0 Å². The molecule has 0 radical (unpaired) electrons. The number of halogens is 1. The average molecular weight is 387 g/mol. The van der Waals surface area contributed by atoms with Gasteiger partial charge in [0, 0.05) is 24.9 Å². The summed E-state index contributed by atoms with van der Waals surface area (Å²) in [5.41, 5.74) is 1.06. The number of hydrogen-bond acceptors (Lipinski definition) is 4. The lowest BCUT2D eigenvalue weighted by atomic mass is 9.99. The zero-order chi connectivity index (χ0) is 14.1. The summed E-state index contributed by atoms with van der Waals surface area (Å²) in [6, 6.07) is 0. The Kier molecular flexibility index (Phi) is 4.11. The second-order valence-electron chi connectivity index (χ2n) is 5.35. The van der Waals surface area contributed by atoms with E-state index < -0.39 is 0 Å². The van der Waals surface area contributed by atoms with Crippen molar-refractivity contribution < 1.29 is 9.47 Å². The summed E-state index contributed by atoms with van der Waals surface area (Å²) in [4.78, 5) is 9.15. The fourth-order valence-electron chi connectivity index (χ4n) is 2.38. The highest BCUT2D eigenvalue weighted by atomic mass is 127. The van der Waals surface area contributed by atoms with Crippen LogP contribution in [-0.4, -0.2) is 33.7 Å². The minimum Gasteiger partial charge on any atom is -0.474 e. The third kappa shape index (κ3) is 2.90. The van der Waals surface area contributed by atoms with Gasteiger partial charge in [-0.2, -0.15) is 4.98 Å². The molecule has 108 valence electrons. The van der Waals surface area contributed by atoms with Gasteiger partial charge in [-0.05, 0) is 49.3 Å². The molecule has 6 heteroatoms. The van der Waals surface area contributed by atoms with Crippen molar-refractivity contribution in [3.63, 3.8) is 0 Å². The Bertz CT molecular complexity index is 606. The van der Waals surface area contributed by atoms with Crippen molar-refractivity contribution in [1.82, 2.24) is 14.4 Å². The van der Waals surface area contributed by atoms with Gasteiger partial charge in [-0.15, -0.1) is 0 Å². The van der Waals surface area contributed by atoms with Gasteiger partial charge in [0.15, 0.2) is 0 Å². The van der Waals surface area contributed by atoms with Crippen LogP contribution in [-0.2, 0) is 4.74 Å². The number of ether oxygens (including phenoxy) is 2. The summed E-state index contributed by atoms with van der Waals surface area (Å²) >= 11 is 2.24. The Morgan fingerprint density at radius 1 is 1.40 bits per heavy atom. The lowest BCUT2D eigenvalue weighted by molar-refractivity contribution is 0.0794. The first-order valence-corrected chi connectivity index (χ1v) is 8.01. The standard InChI is InChI=1S/C14H18IN3O2/c1-9(2)20-13-11(15)6-18-7-12(16-14(18)17-13)10-4-3-5-19-8-10/h6-7,9-10H,3-5,8H2,1-2H3/t10-/m0/s1. The van der Waals surface area contributed by atoms with Crippen LogP contribution in [0.1, 0.15) is 38.3 Å². The van der Waals surface area contributed by atoms with E-state index in [4.69, 9.17) is 9.47 Å². The SMILES string of the molecule is CC(C)Oc1nc2nc([C@H]3CCCOC3)cn2cc1I. The predicted octanol–water partition coefficient (Wildman–Crippen LogP) is 3.02. The predicted molar refractivity (Wildman–Crippen MR) is 84.3 cm³/mol. The van der Waals surface area contributed by atoms with Gasteiger partial charge in [-0.25, -0.2) is 4.98 Å². The summed E-state index contributed by atoms with van der Waals surface area (Å²) in [7, 11) is 0. The molecule has 0 spiro atoms. The second-order valence-corrected chi connectivity index (χ2v) is 6.51. The van der Waals surface area contributed by atoms with Crippen LogP contribution >= 0.6 is 22.6 Å². The van der Waals surface area contributed by atoms with Crippen molar-refractivity contribution in [3.8, 4) is 5.88 Å². The second kappa shape index (κ2) is 5.85. The number of hydrogen-bond donors (Lipinski definition) is 0. The van der Waals surface area contributed by atoms with E-state index in [2.05, 4.69) is 38.8 Å². The minimum atomic E-state index is 0.111. The summed E-state index contributed by atoms with van der Waals surface area (Å²) in [6.07, 6.45) is 6.42. The zero-order valence-electron chi connectivity index (χ0n) is 11.7. The maximum absolute atomic E-state index is 5.71. The third-order valence-corrected chi connectivity index (χ3v) is 4.06. The highest BCUT2D eigenvalue weighted by Crippen LogP contribution is 2.26. The van der Waals surface area contributed by atoms with Crippen molar-refractivity contribution >= 4 is 28.4 Å². The highest BCUT2D eigenvalue weighted by Gasteiger charge is 2.20. The minimum absolute atomic E-state index is 0.111. The fraction of sp³-hybridized carbons (Fsp3) is 0.571. The van der Waals surface area contributed by atoms with Gasteiger partial charge in [0.25, 0.3) is 0 Å². The molecule has 0 N–H and O–H groups in total. The molecule has 0 saturated carbocycles. The number of rotatable bonds is 3. The molecule has 1 fully saturated rings. The van der Waals surface area contributed by atoms with Crippen molar-refractivity contribution in [1.29, 1.82) is 0 Å². The maximum Gasteiger partial charge on any atom is 0.237 e. The molecule has 1 aliphatic rings. The number of imidazole rings is 1. The highest BCUT2D eigenvalue weighted by molar-refractivity contribution is 14.1. The average Bonchev–Trinajstić information content (AvgIpc) is 2.82. The van der Waals surface area contributed by atoms with Crippen LogP contribution in [0.2, 0.25) is 0 Å². The molecule has 1 aliphatic heterocycles. The quantitative estimate of drug-likeness (QED) is 0.760. The molecule has 0 bridgehead atoms. The van der Waals surface area contributed by atoms with E-state index in [0.29, 0.717) is 17.6 Å². The van der Waals surface area contributed by atoms with Crippen LogP contribution in [0.25, 0.3) is 5.78 Å². The van der Waals surface area contributed by atoms with Crippen LogP contribution in [0.4, 0.5) is 0 Å². The maximum atomic E-state index is 5.71. The van der Waals surface area contributed by atoms with E-state index >= 15 is 0 Å². The first-order valence-electron chi connectivity index (χ1n) is 6.93. The van der Waals surface area contributed by atoms with Gasteiger partial charge in [0.05, 0.1) is 22.0 Å². The molecule has 5 nitrogen and oxygen atoms in total. The van der Waals surface area contributed by atoms with Crippen LogP contribution in [0.15, 0.2) is 12.4 Å². The van der Waals surface area contributed by atoms with Crippen LogP contribution in [0.5, 0.6) is 5.88 Å². The number of nitrogens with zero attached hydrogens (tertiary/aromatic N) is 3.